The van der Waals surface area contributed by atoms with Gasteiger partial charge in [0, 0.05) is 6.04 Å². The van der Waals surface area contributed by atoms with E-state index in [9.17, 15) is 4.79 Å². The molecule has 3 unspecified atom stereocenters. The van der Waals surface area contributed by atoms with Gasteiger partial charge in [-0.25, -0.2) is 0 Å². The van der Waals surface area contributed by atoms with E-state index in [0.717, 1.165) is 19.3 Å². The number of nitrogens with one attached hydrogen (secondary N) is 1. The Morgan fingerprint density at radius 2 is 2.38 bits per heavy atom. The first-order valence-electron chi connectivity index (χ1n) is 4.49. The van der Waals surface area contributed by atoms with E-state index in [-0.39, 0.29) is 17.9 Å². The monoisotopic (exact) mass is 200 g/mol. The maximum atomic E-state index is 11.2. The maximum Gasteiger partial charge on any atom is 0.238 e. The van der Waals surface area contributed by atoms with Crippen molar-refractivity contribution in [3.63, 3.8) is 0 Å². The first kappa shape index (κ1) is 10.3. The number of rotatable bonds is 2. The van der Waals surface area contributed by atoms with Crippen LogP contribution in [0.5, 0.6) is 0 Å². The summed E-state index contributed by atoms with van der Waals surface area (Å²) in [5.41, 5.74) is 0. The van der Waals surface area contributed by atoms with Crippen molar-refractivity contribution in [2.24, 2.45) is 5.92 Å². The second-order valence-corrected chi connectivity index (χ2v) is 4.05. The Hall–Kier alpha value is -0.750. The van der Waals surface area contributed by atoms with Crippen LogP contribution in [-0.4, -0.2) is 17.3 Å². The summed E-state index contributed by atoms with van der Waals surface area (Å²) in [4.78, 5) is 11.2. The zero-order chi connectivity index (χ0) is 9.84. The van der Waals surface area contributed by atoms with Crippen LogP contribution in [0.1, 0.15) is 26.2 Å². The third-order valence-corrected chi connectivity index (χ3v) is 2.57. The number of hydrogen-bond acceptors (Lipinski definition) is 2. The molecule has 1 rings (SSSR count). The smallest absolute Gasteiger partial charge is 0.238 e. The van der Waals surface area contributed by atoms with Gasteiger partial charge in [0.1, 0.15) is 5.38 Å². The molecule has 0 aromatic rings. The molecule has 1 fully saturated rings. The predicted molar refractivity (Wildman–Crippen MR) is 50.2 cm³/mol. The number of carbonyl (C=O) groups excluding carboxylic acids is 1. The van der Waals surface area contributed by atoms with Gasteiger partial charge < -0.3 is 5.32 Å². The zero-order valence-corrected chi connectivity index (χ0v) is 8.34. The maximum absolute atomic E-state index is 11.2. The molecule has 0 aromatic heterocycles. The minimum absolute atomic E-state index is 0.0127. The highest BCUT2D eigenvalue weighted by atomic mass is 35.5. The van der Waals surface area contributed by atoms with Crippen molar-refractivity contribution in [3.8, 4) is 6.07 Å². The number of hydrogen-bond donors (Lipinski definition) is 1. The average molecular weight is 201 g/mol. The van der Waals surface area contributed by atoms with Gasteiger partial charge in [-0.05, 0) is 26.2 Å². The number of halogens is 1. The van der Waals surface area contributed by atoms with Gasteiger partial charge >= 0.3 is 0 Å². The summed E-state index contributed by atoms with van der Waals surface area (Å²) in [6.45, 7) is 1.63. The lowest BCUT2D eigenvalue weighted by molar-refractivity contribution is -0.121. The van der Waals surface area contributed by atoms with Crippen molar-refractivity contribution >= 4 is 17.5 Å². The van der Waals surface area contributed by atoms with Crippen LogP contribution in [0.4, 0.5) is 0 Å². The van der Waals surface area contributed by atoms with Crippen molar-refractivity contribution in [3.05, 3.63) is 0 Å². The lowest BCUT2D eigenvalue weighted by Gasteiger charge is -2.16. The van der Waals surface area contributed by atoms with E-state index in [1.165, 1.54) is 0 Å². The Balaban J connectivity index is 2.45. The van der Waals surface area contributed by atoms with Crippen molar-refractivity contribution in [2.75, 3.05) is 0 Å². The molecule has 0 aliphatic heterocycles. The fraction of sp³-hybridized carbons (Fsp3) is 0.778. The van der Waals surface area contributed by atoms with Gasteiger partial charge in [0.05, 0.1) is 12.0 Å². The molecular formula is C9H13ClN2O. The molecule has 1 aliphatic carbocycles. The van der Waals surface area contributed by atoms with E-state index in [2.05, 4.69) is 11.4 Å². The fourth-order valence-electron chi connectivity index (χ4n) is 1.58. The van der Waals surface area contributed by atoms with Crippen LogP contribution in [0.25, 0.3) is 0 Å². The minimum atomic E-state index is -0.514. The standard InChI is InChI=1S/C9H13ClN2O/c1-6(10)9(13)12-8-4-2-3-7(8)5-11/h6-8H,2-4H2,1H3,(H,12,13). The molecule has 1 saturated carbocycles. The molecule has 1 amide bonds. The molecule has 13 heavy (non-hydrogen) atoms. The molecule has 0 radical (unpaired) electrons. The van der Waals surface area contributed by atoms with Crippen LogP contribution in [0, 0.1) is 17.2 Å². The van der Waals surface area contributed by atoms with Crippen molar-refractivity contribution in [1.29, 1.82) is 5.26 Å². The molecule has 1 aliphatic rings. The quantitative estimate of drug-likeness (QED) is 0.686. The van der Waals surface area contributed by atoms with E-state index < -0.39 is 5.38 Å². The molecule has 0 bridgehead atoms. The minimum Gasteiger partial charge on any atom is -0.351 e. The van der Waals surface area contributed by atoms with Gasteiger partial charge in [-0.2, -0.15) is 5.26 Å². The molecule has 0 heterocycles. The summed E-state index contributed by atoms with van der Waals surface area (Å²) in [5.74, 6) is -0.201. The van der Waals surface area contributed by atoms with Gasteiger partial charge in [0.2, 0.25) is 5.91 Å². The molecule has 0 spiro atoms. The molecule has 72 valence electrons. The number of nitriles is 1. The van der Waals surface area contributed by atoms with E-state index in [4.69, 9.17) is 16.9 Å². The van der Waals surface area contributed by atoms with Gasteiger partial charge in [0.25, 0.3) is 0 Å². The first-order valence-corrected chi connectivity index (χ1v) is 4.93. The molecule has 3 nitrogen and oxygen atoms in total. The Bertz CT molecular complexity index is 234. The van der Waals surface area contributed by atoms with Crippen LogP contribution in [-0.2, 0) is 4.79 Å². The number of nitrogens with zero attached hydrogens (tertiary/aromatic N) is 1. The Morgan fingerprint density at radius 3 is 2.92 bits per heavy atom. The molecule has 3 atom stereocenters. The average Bonchev–Trinajstić information content (AvgIpc) is 2.51. The summed E-state index contributed by atoms with van der Waals surface area (Å²) < 4.78 is 0. The van der Waals surface area contributed by atoms with Crippen LogP contribution < -0.4 is 5.32 Å². The SMILES string of the molecule is CC(Cl)C(=O)NC1CCCC1C#N. The normalized spacial score (nSPS) is 29.3. The third kappa shape index (κ3) is 2.60. The van der Waals surface area contributed by atoms with Crippen molar-refractivity contribution in [2.45, 2.75) is 37.6 Å². The van der Waals surface area contributed by atoms with E-state index in [0.29, 0.717) is 0 Å². The van der Waals surface area contributed by atoms with E-state index >= 15 is 0 Å². The summed E-state index contributed by atoms with van der Waals surface area (Å²) in [5, 5.41) is 11.0. The molecule has 4 heteroatoms. The topological polar surface area (TPSA) is 52.9 Å². The Kier molecular flexibility index (Phi) is 3.56. The van der Waals surface area contributed by atoms with Crippen molar-refractivity contribution < 1.29 is 4.79 Å². The Morgan fingerprint density at radius 1 is 1.69 bits per heavy atom. The summed E-state index contributed by atoms with van der Waals surface area (Å²) in [6.07, 6.45) is 2.80. The van der Waals surface area contributed by atoms with Crippen LogP contribution in [0.15, 0.2) is 0 Å². The van der Waals surface area contributed by atoms with Gasteiger partial charge in [-0.15, -0.1) is 11.6 Å². The van der Waals surface area contributed by atoms with Crippen LogP contribution in [0.2, 0.25) is 0 Å². The largest absolute Gasteiger partial charge is 0.351 e. The molecule has 0 saturated heterocycles. The van der Waals surface area contributed by atoms with E-state index in [1.807, 2.05) is 0 Å². The highest BCUT2D eigenvalue weighted by Gasteiger charge is 2.28. The van der Waals surface area contributed by atoms with E-state index in [1.54, 1.807) is 6.92 Å². The predicted octanol–water partition coefficient (Wildman–Crippen LogP) is 1.42. The summed E-state index contributed by atoms with van der Waals surface area (Å²) in [7, 11) is 0. The zero-order valence-electron chi connectivity index (χ0n) is 7.59. The highest BCUT2D eigenvalue weighted by Crippen LogP contribution is 2.24. The van der Waals surface area contributed by atoms with Gasteiger partial charge in [0.15, 0.2) is 0 Å². The lowest BCUT2D eigenvalue weighted by atomic mass is 10.1. The Labute approximate surface area is 83.1 Å². The highest BCUT2D eigenvalue weighted by molar-refractivity contribution is 6.30. The summed E-state index contributed by atoms with van der Waals surface area (Å²) in [6, 6.07) is 2.21. The first-order chi connectivity index (χ1) is 6.15. The van der Waals surface area contributed by atoms with Crippen molar-refractivity contribution in [1.82, 2.24) is 5.32 Å². The van der Waals surface area contributed by atoms with Gasteiger partial charge in [-0.3, -0.25) is 4.79 Å². The number of carbonyl (C=O) groups is 1. The molecular weight excluding hydrogens is 188 g/mol. The number of amides is 1. The van der Waals surface area contributed by atoms with Gasteiger partial charge in [-0.1, -0.05) is 0 Å². The molecule has 0 aromatic carbocycles. The second kappa shape index (κ2) is 4.48. The molecule has 1 N–H and O–H groups in total. The van der Waals surface area contributed by atoms with Crippen LogP contribution in [0.3, 0.4) is 0 Å². The van der Waals surface area contributed by atoms with Crippen LogP contribution >= 0.6 is 11.6 Å². The number of alkyl halides is 1. The third-order valence-electron chi connectivity index (χ3n) is 2.37. The second-order valence-electron chi connectivity index (χ2n) is 3.40. The summed E-state index contributed by atoms with van der Waals surface area (Å²) >= 11 is 5.60. The fourth-order valence-corrected chi connectivity index (χ4v) is 1.65. The lowest BCUT2D eigenvalue weighted by Crippen LogP contribution is -2.40.